The Labute approximate surface area is 48.6 Å². The first-order valence-corrected chi connectivity index (χ1v) is 2.65. The van der Waals surface area contributed by atoms with Gasteiger partial charge in [0.2, 0.25) is 0 Å². The number of aliphatic hydroxyl groups excluding tert-OH is 2. The van der Waals surface area contributed by atoms with Crippen LogP contribution in [0.25, 0.3) is 0 Å². The van der Waals surface area contributed by atoms with Crippen LogP contribution in [0, 0.1) is 5.92 Å². The highest BCUT2D eigenvalue weighted by molar-refractivity contribution is 4.51. The fraction of sp³-hybridized carbons (Fsp3) is 1.00. The Hall–Kier alpha value is -0.120. The molecule has 1 unspecified atom stereocenters. The van der Waals surface area contributed by atoms with Crippen molar-refractivity contribution in [2.24, 2.45) is 5.92 Å². The van der Waals surface area contributed by atoms with Crippen molar-refractivity contribution >= 4 is 0 Å². The van der Waals surface area contributed by atoms with Gasteiger partial charge >= 0.3 is 0 Å². The molecular formula is C5H12O3. The highest BCUT2D eigenvalue weighted by atomic mass is 16.5. The zero-order valence-electron chi connectivity index (χ0n) is 4.91. The van der Waals surface area contributed by atoms with Crippen LogP contribution in [0.2, 0.25) is 0 Å². The molecule has 0 aliphatic heterocycles. The van der Waals surface area contributed by atoms with Crippen molar-refractivity contribution in [2.75, 3.05) is 6.61 Å². The Kier molecular flexibility index (Phi) is 3.77. The van der Waals surface area contributed by atoms with E-state index >= 15 is 0 Å². The van der Waals surface area contributed by atoms with E-state index in [1.165, 1.54) is 0 Å². The maximum absolute atomic E-state index is 8.40. The number of hydrogen-bond donors (Lipinski definition) is 3. The average Bonchev–Trinajstić information content (AvgIpc) is 1.67. The summed E-state index contributed by atoms with van der Waals surface area (Å²) in [4.78, 5) is 0. The van der Waals surface area contributed by atoms with E-state index in [0.29, 0.717) is 6.42 Å². The normalized spacial score (nSPS) is 14.6. The van der Waals surface area contributed by atoms with Crippen LogP contribution in [0.4, 0.5) is 0 Å². The zero-order valence-corrected chi connectivity index (χ0v) is 4.91. The highest BCUT2D eigenvalue weighted by Crippen LogP contribution is 2.03. The molecule has 0 aromatic carbocycles. The minimum atomic E-state index is -1.29. The van der Waals surface area contributed by atoms with Crippen molar-refractivity contribution in [1.29, 1.82) is 0 Å². The lowest BCUT2D eigenvalue weighted by Crippen LogP contribution is -2.17. The van der Waals surface area contributed by atoms with Crippen LogP contribution in [-0.2, 0) is 0 Å². The fourth-order valence-electron chi connectivity index (χ4n) is 0.353. The highest BCUT2D eigenvalue weighted by Gasteiger charge is 2.07. The van der Waals surface area contributed by atoms with Gasteiger partial charge in [-0.25, -0.2) is 0 Å². The summed E-state index contributed by atoms with van der Waals surface area (Å²) in [5.41, 5.74) is 0. The molecule has 0 aliphatic rings. The van der Waals surface area contributed by atoms with Crippen molar-refractivity contribution in [3.05, 3.63) is 0 Å². The van der Waals surface area contributed by atoms with E-state index in [-0.39, 0.29) is 12.5 Å². The van der Waals surface area contributed by atoms with Crippen LogP contribution in [-0.4, -0.2) is 28.2 Å². The summed E-state index contributed by atoms with van der Waals surface area (Å²) in [6.45, 7) is 1.68. The Balaban J connectivity index is 3.17. The van der Waals surface area contributed by atoms with Crippen molar-refractivity contribution in [3.8, 4) is 0 Å². The predicted octanol–water partition coefficient (Wildman–Crippen LogP) is -0.684. The van der Waals surface area contributed by atoms with Gasteiger partial charge in [-0.3, -0.25) is 0 Å². The summed E-state index contributed by atoms with van der Waals surface area (Å²) in [5, 5.41) is 25.1. The number of hydrogen-bond acceptors (Lipinski definition) is 3. The van der Waals surface area contributed by atoms with Crippen molar-refractivity contribution < 1.29 is 15.3 Å². The van der Waals surface area contributed by atoms with Crippen LogP contribution in [0.3, 0.4) is 0 Å². The van der Waals surface area contributed by atoms with E-state index in [1.807, 2.05) is 0 Å². The van der Waals surface area contributed by atoms with Gasteiger partial charge in [0.25, 0.3) is 0 Å². The van der Waals surface area contributed by atoms with Gasteiger partial charge < -0.3 is 15.3 Å². The van der Waals surface area contributed by atoms with Crippen LogP contribution in [0.5, 0.6) is 0 Å². The lowest BCUT2D eigenvalue weighted by molar-refractivity contribution is -0.0831. The molecule has 0 heterocycles. The summed E-state index contributed by atoms with van der Waals surface area (Å²) in [5.74, 6) is -0.222. The molecule has 0 aromatic rings. The molecular weight excluding hydrogens is 108 g/mol. The van der Waals surface area contributed by atoms with Crippen molar-refractivity contribution in [1.82, 2.24) is 0 Å². The molecule has 8 heavy (non-hydrogen) atoms. The second-order valence-electron chi connectivity index (χ2n) is 1.90. The van der Waals surface area contributed by atoms with E-state index < -0.39 is 6.29 Å². The third-order valence-corrected chi connectivity index (χ3v) is 1.09. The molecule has 50 valence electrons. The molecule has 0 bridgehead atoms. The molecule has 0 saturated heterocycles. The maximum atomic E-state index is 8.40. The van der Waals surface area contributed by atoms with Gasteiger partial charge in [0.1, 0.15) is 0 Å². The second-order valence-corrected chi connectivity index (χ2v) is 1.90. The predicted molar refractivity (Wildman–Crippen MR) is 29.1 cm³/mol. The number of rotatable bonds is 3. The molecule has 0 fully saturated rings. The first kappa shape index (κ1) is 7.88. The first-order chi connectivity index (χ1) is 3.68. The third kappa shape index (κ3) is 2.96. The van der Waals surface area contributed by atoms with Crippen LogP contribution < -0.4 is 0 Å². The largest absolute Gasteiger partial charge is 0.396 e. The smallest absolute Gasteiger partial charge is 0.154 e. The molecule has 0 spiro atoms. The van der Waals surface area contributed by atoms with E-state index in [0.717, 1.165) is 0 Å². The van der Waals surface area contributed by atoms with Crippen LogP contribution in [0.15, 0.2) is 0 Å². The van der Waals surface area contributed by atoms with Crippen LogP contribution >= 0.6 is 0 Å². The standard InChI is InChI=1S/C5H12O3/c1-4(2-3-6)5(7)8/h4-8H,2-3H2,1H3. The number of aliphatic hydroxyl groups is 3. The SMILES string of the molecule is CC(CCO)C(O)O. The molecule has 1 atom stereocenters. The topological polar surface area (TPSA) is 60.7 Å². The lowest BCUT2D eigenvalue weighted by Gasteiger charge is -2.10. The molecule has 0 radical (unpaired) electrons. The van der Waals surface area contributed by atoms with Crippen molar-refractivity contribution in [2.45, 2.75) is 19.6 Å². The quantitative estimate of drug-likeness (QED) is 0.432. The Bertz CT molecular complexity index is 53.6. The third-order valence-electron chi connectivity index (χ3n) is 1.09. The van der Waals surface area contributed by atoms with Gasteiger partial charge in [-0.15, -0.1) is 0 Å². The van der Waals surface area contributed by atoms with Crippen molar-refractivity contribution in [3.63, 3.8) is 0 Å². The maximum Gasteiger partial charge on any atom is 0.154 e. The molecule has 0 rings (SSSR count). The van der Waals surface area contributed by atoms with Gasteiger partial charge in [0.15, 0.2) is 6.29 Å². The summed E-state index contributed by atoms with van der Waals surface area (Å²) >= 11 is 0. The molecule has 0 saturated carbocycles. The molecule has 3 N–H and O–H groups in total. The fourth-order valence-corrected chi connectivity index (χ4v) is 0.353. The molecule has 0 aliphatic carbocycles. The molecule has 3 heteroatoms. The monoisotopic (exact) mass is 120 g/mol. The average molecular weight is 120 g/mol. The van der Waals surface area contributed by atoms with E-state index in [9.17, 15) is 0 Å². The second kappa shape index (κ2) is 3.83. The summed E-state index contributed by atoms with van der Waals surface area (Å²) in [7, 11) is 0. The van der Waals surface area contributed by atoms with Gasteiger partial charge in [0, 0.05) is 12.5 Å². The minimum Gasteiger partial charge on any atom is -0.396 e. The Morgan fingerprint density at radius 2 is 1.88 bits per heavy atom. The summed E-state index contributed by atoms with van der Waals surface area (Å²) < 4.78 is 0. The summed E-state index contributed by atoms with van der Waals surface area (Å²) in [6, 6.07) is 0. The molecule has 0 amide bonds. The van der Waals surface area contributed by atoms with Gasteiger partial charge in [0.05, 0.1) is 0 Å². The van der Waals surface area contributed by atoms with Gasteiger partial charge in [-0.05, 0) is 6.42 Å². The zero-order chi connectivity index (χ0) is 6.57. The first-order valence-electron chi connectivity index (χ1n) is 2.65. The summed E-state index contributed by atoms with van der Waals surface area (Å²) in [6.07, 6.45) is -0.848. The van der Waals surface area contributed by atoms with Gasteiger partial charge in [-0.2, -0.15) is 0 Å². The van der Waals surface area contributed by atoms with E-state index in [1.54, 1.807) is 6.92 Å². The van der Waals surface area contributed by atoms with Crippen LogP contribution in [0.1, 0.15) is 13.3 Å². The Morgan fingerprint density at radius 3 is 2.00 bits per heavy atom. The minimum absolute atomic E-state index is 0.0127. The van der Waals surface area contributed by atoms with E-state index in [4.69, 9.17) is 15.3 Å². The van der Waals surface area contributed by atoms with Gasteiger partial charge in [-0.1, -0.05) is 6.92 Å². The lowest BCUT2D eigenvalue weighted by atomic mass is 10.1. The molecule has 3 nitrogen and oxygen atoms in total. The molecule has 0 aromatic heterocycles. The Morgan fingerprint density at radius 1 is 1.38 bits per heavy atom. The van der Waals surface area contributed by atoms with E-state index in [2.05, 4.69) is 0 Å².